The Morgan fingerprint density at radius 3 is 3.03 bits per heavy atom. The van der Waals surface area contributed by atoms with E-state index < -0.39 is 0 Å². The fourth-order valence-electron chi connectivity index (χ4n) is 5.06. The molecule has 1 aromatic heterocycles. The number of fused-ring (bicyclic) bond motifs is 1. The number of nitrogens with zero attached hydrogens (tertiary/aromatic N) is 2. The first-order valence-corrected chi connectivity index (χ1v) is 10.5. The number of amides is 1. The molecule has 154 valence electrons. The third kappa shape index (κ3) is 3.57. The topological polar surface area (TPSA) is 70.2 Å². The molecule has 0 bridgehead atoms. The summed E-state index contributed by atoms with van der Waals surface area (Å²) in [6, 6.07) is 7.02. The highest BCUT2D eigenvalue weighted by atomic mass is 19.1. The van der Waals surface area contributed by atoms with Gasteiger partial charge in [0.25, 0.3) is 0 Å². The van der Waals surface area contributed by atoms with Crippen molar-refractivity contribution in [3.05, 3.63) is 53.1 Å². The van der Waals surface area contributed by atoms with Crippen LogP contribution in [-0.2, 0) is 22.5 Å². The number of ether oxygens (including phenoxy) is 1. The lowest BCUT2D eigenvalue weighted by molar-refractivity contribution is -0.154. The number of halogens is 1. The molecule has 1 amide bonds. The number of hydrogen-bond donors (Lipinski definition) is 2. The third-order valence-corrected chi connectivity index (χ3v) is 6.85. The SMILES string of the molecule is O=C(CC1CN(Cc2ccn[nH]2)C2(CCC2)CO1)NC1CCc2c(F)cccc21. The van der Waals surface area contributed by atoms with E-state index in [0.717, 1.165) is 49.2 Å². The molecule has 7 heteroatoms. The van der Waals surface area contributed by atoms with E-state index in [1.807, 2.05) is 12.1 Å². The van der Waals surface area contributed by atoms with Gasteiger partial charge in [-0.15, -0.1) is 0 Å². The summed E-state index contributed by atoms with van der Waals surface area (Å²) < 4.78 is 20.1. The van der Waals surface area contributed by atoms with Crippen LogP contribution in [-0.4, -0.2) is 45.8 Å². The van der Waals surface area contributed by atoms with Gasteiger partial charge in [-0.3, -0.25) is 14.8 Å². The maximum Gasteiger partial charge on any atom is 0.223 e. The summed E-state index contributed by atoms with van der Waals surface area (Å²) >= 11 is 0. The third-order valence-electron chi connectivity index (χ3n) is 6.85. The van der Waals surface area contributed by atoms with Crippen molar-refractivity contribution in [3.8, 4) is 0 Å². The highest BCUT2D eigenvalue weighted by molar-refractivity contribution is 5.77. The Morgan fingerprint density at radius 1 is 1.38 bits per heavy atom. The van der Waals surface area contributed by atoms with Gasteiger partial charge in [-0.25, -0.2) is 4.39 Å². The summed E-state index contributed by atoms with van der Waals surface area (Å²) in [6.45, 7) is 2.22. The number of benzene rings is 1. The van der Waals surface area contributed by atoms with Gasteiger partial charge in [0, 0.05) is 30.5 Å². The fourth-order valence-corrected chi connectivity index (χ4v) is 5.06. The van der Waals surface area contributed by atoms with E-state index in [0.29, 0.717) is 19.4 Å². The van der Waals surface area contributed by atoms with Crippen LogP contribution in [0.4, 0.5) is 4.39 Å². The lowest BCUT2D eigenvalue weighted by Crippen LogP contribution is -2.62. The zero-order valence-electron chi connectivity index (χ0n) is 16.5. The van der Waals surface area contributed by atoms with Gasteiger partial charge in [-0.1, -0.05) is 12.1 Å². The zero-order chi connectivity index (χ0) is 19.8. The van der Waals surface area contributed by atoms with Crippen LogP contribution in [0.1, 0.15) is 55.0 Å². The molecule has 2 atom stereocenters. The summed E-state index contributed by atoms with van der Waals surface area (Å²) in [6.07, 6.45) is 6.92. The largest absolute Gasteiger partial charge is 0.374 e. The number of aromatic amines is 1. The molecular weight excluding hydrogens is 371 g/mol. The zero-order valence-corrected chi connectivity index (χ0v) is 16.5. The monoisotopic (exact) mass is 398 g/mol. The average molecular weight is 398 g/mol. The second kappa shape index (κ2) is 7.54. The smallest absolute Gasteiger partial charge is 0.223 e. The van der Waals surface area contributed by atoms with E-state index in [4.69, 9.17) is 4.74 Å². The van der Waals surface area contributed by atoms with Crippen LogP contribution in [0.3, 0.4) is 0 Å². The predicted molar refractivity (Wildman–Crippen MR) is 106 cm³/mol. The summed E-state index contributed by atoms with van der Waals surface area (Å²) in [5.74, 6) is -0.196. The van der Waals surface area contributed by atoms with E-state index in [2.05, 4.69) is 20.4 Å². The van der Waals surface area contributed by atoms with E-state index in [9.17, 15) is 9.18 Å². The molecule has 0 radical (unpaired) electrons. The summed E-state index contributed by atoms with van der Waals surface area (Å²) in [5, 5.41) is 10.2. The quantitative estimate of drug-likeness (QED) is 0.813. The van der Waals surface area contributed by atoms with Crippen LogP contribution in [0.15, 0.2) is 30.5 Å². The first-order chi connectivity index (χ1) is 14.1. The maximum absolute atomic E-state index is 13.9. The van der Waals surface area contributed by atoms with Crippen molar-refractivity contribution in [2.45, 2.75) is 62.8 Å². The summed E-state index contributed by atoms with van der Waals surface area (Å²) in [4.78, 5) is 15.2. The number of aromatic nitrogens is 2. The van der Waals surface area contributed by atoms with Crippen LogP contribution in [0.5, 0.6) is 0 Å². The van der Waals surface area contributed by atoms with Crippen molar-refractivity contribution in [1.29, 1.82) is 0 Å². The predicted octanol–water partition coefficient (Wildman–Crippen LogP) is 2.87. The maximum atomic E-state index is 13.9. The summed E-state index contributed by atoms with van der Waals surface area (Å²) in [7, 11) is 0. The Labute approximate surface area is 169 Å². The van der Waals surface area contributed by atoms with Crippen molar-refractivity contribution in [2.75, 3.05) is 13.2 Å². The highest BCUT2D eigenvalue weighted by Crippen LogP contribution is 2.41. The van der Waals surface area contributed by atoms with Gasteiger partial charge < -0.3 is 10.1 Å². The standard InChI is InChI=1S/C22H27FN4O2/c23-19-4-1-3-18-17(19)5-6-20(18)25-21(28)11-16-13-27(12-15-7-10-24-26-15)22(14-29-16)8-2-9-22/h1,3-4,7,10,16,20H,2,5-6,8-9,11-14H2,(H,24,26)(H,25,28). The molecule has 2 unspecified atom stereocenters. The molecule has 29 heavy (non-hydrogen) atoms. The van der Waals surface area contributed by atoms with Crippen LogP contribution in [0, 0.1) is 5.82 Å². The molecule has 2 aliphatic carbocycles. The fraction of sp³-hybridized carbons (Fsp3) is 0.545. The number of carbonyl (C=O) groups is 1. The van der Waals surface area contributed by atoms with E-state index in [-0.39, 0.29) is 29.4 Å². The van der Waals surface area contributed by atoms with Crippen molar-refractivity contribution < 1.29 is 13.9 Å². The van der Waals surface area contributed by atoms with E-state index in [1.54, 1.807) is 12.3 Å². The molecule has 6 nitrogen and oxygen atoms in total. The molecule has 1 aromatic carbocycles. The van der Waals surface area contributed by atoms with Gasteiger partial charge >= 0.3 is 0 Å². The molecule has 2 fully saturated rings. The van der Waals surface area contributed by atoms with Crippen molar-refractivity contribution in [3.63, 3.8) is 0 Å². The van der Waals surface area contributed by atoms with Crippen LogP contribution in [0.25, 0.3) is 0 Å². The molecule has 1 saturated heterocycles. The highest BCUT2D eigenvalue weighted by Gasteiger charge is 2.47. The van der Waals surface area contributed by atoms with Gasteiger partial charge in [0.15, 0.2) is 0 Å². The average Bonchev–Trinajstić information content (AvgIpc) is 3.32. The second-order valence-electron chi connectivity index (χ2n) is 8.64. The molecule has 1 saturated carbocycles. The second-order valence-corrected chi connectivity index (χ2v) is 8.64. The number of rotatable bonds is 5. The van der Waals surface area contributed by atoms with E-state index in [1.165, 1.54) is 12.5 Å². The minimum atomic E-state index is -0.171. The minimum Gasteiger partial charge on any atom is -0.374 e. The molecule has 2 N–H and O–H groups in total. The number of nitrogens with one attached hydrogen (secondary N) is 2. The van der Waals surface area contributed by atoms with Gasteiger partial charge in [-0.2, -0.15) is 5.10 Å². The van der Waals surface area contributed by atoms with Crippen molar-refractivity contribution in [2.24, 2.45) is 0 Å². The lowest BCUT2D eigenvalue weighted by Gasteiger charge is -2.54. The molecule has 1 spiro atoms. The Bertz CT molecular complexity index is 881. The Morgan fingerprint density at radius 2 is 2.28 bits per heavy atom. The van der Waals surface area contributed by atoms with Crippen molar-refractivity contribution in [1.82, 2.24) is 20.4 Å². The Kier molecular flexibility index (Phi) is 4.87. The van der Waals surface area contributed by atoms with Gasteiger partial charge in [0.1, 0.15) is 5.82 Å². The molecule has 1 aliphatic heterocycles. The van der Waals surface area contributed by atoms with Crippen LogP contribution < -0.4 is 5.32 Å². The first kappa shape index (κ1) is 18.8. The van der Waals surface area contributed by atoms with Gasteiger partial charge in [0.2, 0.25) is 5.91 Å². The van der Waals surface area contributed by atoms with E-state index >= 15 is 0 Å². The van der Waals surface area contributed by atoms with Crippen molar-refractivity contribution >= 4 is 5.91 Å². The normalized spacial score (nSPS) is 25.6. The molecule has 2 heterocycles. The summed E-state index contributed by atoms with van der Waals surface area (Å²) in [5.41, 5.74) is 2.85. The first-order valence-electron chi connectivity index (χ1n) is 10.5. The molecule has 5 rings (SSSR count). The molecule has 3 aliphatic rings. The lowest BCUT2D eigenvalue weighted by atomic mass is 9.74. The minimum absolute atomic E-state index is 0.0249. The number of H-pyrrole nitrogens is 1. The number of carbonyl (C=O) groups excluding carboxylic acids is 1. The Hall–Kier alpha value is -2.25. The number of morpholine rings is 1. The van der Waals surface area contributed by atoms with Crippen LogP contribution in [0.2, 0.25) is 0 Å². The van der Waals surface area contributed by atoms with Gasteiger partial charge in [0.05, 0.1) is 25.2 Å². The van der Waals surface area contributed by atoms with Gasteiger partial charge in [-0.05, 0) is 55.4 Å². The van der Waals surface area contributed by atoms with Crippen LogP contribution >= 0.6 is 0 Å². The molecule has 2 aromatic rings. The molecular formula is C22H27FN4O2. The Balaban J connectivity index is 1.21. The number of hydrogen-bond acceptors (Lipinski definition) is 4.